The lowest BCUT2D eigenvalue weighted by atomic mass is 10.0. The van der Waals surface area contributed by atoms with Crippen molar-refractivity contribution in [1.82, 2.24) is 19.1 Å². The Morgan fingerprint density at radius 3 is 1.43 bits per heavy atom. The molecule has 4 heteroatoms. The van der Waals surface area contributed by atoms with Crippen molar-refractivity contribution in [3.63, 3.8) is 0 Å². The minimum atomic E-state index is 0.701. The van der Waals surface area contributed by atoms with Crippen LogP contribution >= 0.6 is 0 Å². The van der Waals surface area contributed by atoms with Gasteiger partial charge in [0.1, 0.15) is 0 Å². The fourth-order valence-corrected chi connectivity index (χ4v) is 8.26. The van der Waals surface area contributed by atoms with E-state index in [4.69, 9.17) is 9.97 Å². The Hall–Kier alpha value is -7.30. The Morgan fingerprint density at radius 1 is 0.315 bits per heavy atom. The molecule has 0 aliphatic rings. The largest absolute Gasteiger partial charge is 0.307 e. The van der Waals surface area contributed by atoms with Crippen LogP contribution in [0.4, 0.5) is 0 Å². The third-order valence-electron chi connectivity index (χ3n) is 10.7. The van der Waals surface area contributed by atoms with Crippen LogP contribution in [0.1, 0.15) is 0 Å². The highest BCUT2D eigenvalue weighted by Gasteiger charge is 2.22. The maximum absolute atomic E-state index is 5.30. The summed E-state index contributed by atoms with van der Waals surface area (Å²) in [5.74, 6) is 0.701. The van der Waals surface area contributed by atoms with Gasteiger partial charge in [-0.3, -0.25) is 0 Å². The highest BCUT2D eigenvalue weighted by atomic mass is 15.0. The van der Waals surface area contributed by atoms with Gasteiger partial charge in [-0.25, -0.2) is 9.97 Å². The monoisotopic (exact) mass is 688 g/mol. The predicted octanol–water partition coefficient (Wildman–Crippen LogP) is 12.8. The zero-order valence-electron chi connectivity index (χ0n) is 29.3. The average molecular weight is 689 g/mol. The van der Waals surface area contributed by atoms with Crippen LogP contribution in [0.15, 0.2) is 194 Å². The van der Waals surface area contributed by atoms with Crippen molar-refractivity contribution in [2.45, 2.75) is 0 Å². The van der Waals surface area contributed by atoms with Gasteiger partial charge in [-0.2, -0.15) is 0 Å². The first-order valence-electron chi connectivity index (χ1n) is 18.3. The minimum Gasteiger partial charge on any atom is -0.307 e. The summed E-state index contributed by atoms with van der Waals surface area (Å²) in [4.78, 5) is 10.5. The molecule has 0 aliphatic carbocycles. The van der Waals surface area contributed by atoms with E-state index in [1.807, 2.05) is 12.1 Å². The van der Waals surface area contributed by atoms with Gasteiger partial charge in [0.05, 0.1) is 33.3 Å². The minimum absolute atomic E-state index is 0.701. The summed E-state index contributed by atoms with van der Waals surface area (Å²) >= 11 is 0. The first kappa shape index (κ1) is 30.3. The molecule has 11 aromatic rings. The van der Waals surface area contributed by atoms with E-state index in [2.05, 4.69) is 191 Å². The fourth-order valence-electron chi connectivity index (χ4n) is 8.26. The number of fused-ring (bicyclic) bond motifs is 8. The zero-order valence-corrected chi connectivity index (χ0v) is 29.3. The van der Waals surface area contributed by atoms with E-state index in [0.29, 0.717) is 5.82 Å². The predicted molar refractivity (Wildman–Crippen MR) is 225 cm³/mol. The van der Waals surface area contributed by atoms with Crippen LogP contribution in [0, 0.1) is 0 Å². The molecule has 54 heavy (non-hydrogen) atoms. The van der Waals surface area contributed by atoms with Crippen molar-refractivity contribution in [3.05, 3.63) is 194 Å². The SMILES string of the molecule is c1ccc(-c2ccc(-c3nc(-c4ccccc4)c4ccc(-n5c6ccccc6c6ccc7c8ccccc8n(-c8ccccc8)c7c65)cc4n3)cc2)cc1. The molecule has 8 aromatic carbocycles. The second-order valence-electron chi connectivity index (χ2n) is 13.8. The van der Waals surface area contributed by atoms with Gasteiger partial charge in [0.25, 0.3) is 0 Å². The van der Waals surface area contributed by atoms with Crippen LogP contribution in [0.5, 0.6) is 0 Å². The van der Waals surface area contributed by atoms with Crippen molar-refractivity contribution in [2.24, 2.45) is 0 Å². The Morgan fingerprint density at radius 2 is 0.796 bits per heavy atom. The molecule has 3 aromatic heterocycles. The number of hydrogen-bond donors (Lipinski definition) is 0. The molecule has 0 bridgehead atoms. The number of aromatic nitrogens is 4. The lowest BCUT2D eigenvalue weighted by molar-refractivity contribution is 1.15. The van der Waals surface area contributed by atoms with Gasteiger partial charge < -0.3 is 9.13 Å². The van der Waals surface area contributed by atoms with Gasteiger partial charge in [-0.05, 0) is 53.6 Å². The first-order valence-corrected chi connectivity index (χ1v) is 18.3. The van der Waals surface area contributed by atoms with E-state index in [1.54, 1.807) is 0 Å². The number of para-hydroxylation sites is 3. The summed E-state index contributed by atoms with van der Waals surface area (Å²) in [6.45, 7) is 0. The van der Waals surface area contributed by atoms with Crippen LogP contribution in [-0.4, -0.2) is 19.1 Å². The summed E-state index contributed by atoms with van der Waals surface area (Å²) < 4.78 is 4.86. The Kier molecular flexibility index (Phi) is 6.82. The molecule has 0 atom stereocenters. The second-order valence-corrected chi connectivity index (χ2v) is 13.8. The number of nitrogens with zero attached hydrogens (tertiary/aromatic N) is 4. The highest BCUT2D eigenvalue weighted by Crippen LogP contribution is 2.42. The van der Waals surface area contributed by atoms with Crippen molar-refractivity contribution in [2.75, 3.05) is 0 Å². The van der Waals surface area contributed by atoms with Crippen LogP contribution in [0.25, 0.3) is 99.7 Å². The molecule has 4 nitrogen and oxygen atoms in total. The van der Waals surface area contributed by atoms with Gasteiger partial charge in [-0.15, -0.1) is 0 Å². The lowest BCUT2D eigenvalue weighted by Gasteiger charge is -2.14. The topological polar surface area (TPSA) is 35.6 Å². The standard InChI is InChI=1S/C50H32N4/c1-4-14-33(15-5-1)34-24-26-36(27-25-34)50-51-44-32-38(28-29-43(44)47(52-50)35-16-6-2-7-17-35)54-46-23-13-11-21-40(46)42-31-30-41-39-20-10-12-22-45(39)53(48(41)49(42)54)37-18-8-3-9-19-37/h1-32H. The van der Waals surface area contributed by atoms with Gasteiger partial charge >= 0.3 is 0 Å². The fraction of sp³-hybridized carbons (Fsp3) is 0. The molecule has 0 aliphatic heterocycles. The molecule has 0 fully saturated rings. The van der Waals surface area contributed by atoms with E-state index < -0.39 is 0 Å². The third kappa shape index (κ3) is 4.70. The second kappa shape index (κ2) is 12.1. The molecule has 0 unspecified atom stereocenters. The molecule has 0 saturated carbocycles. The number of hydrogen-bond acceptors (Lipinski definition) is 2. The number of rotatable bonds is 5. The molecule has 0 radical (unpaired) electrons. The van der Waals surface area contributed by atoms with E-state index in [0.717, 1.165) is 50.2 Å². The quantitative estimate of drug-likeness (QED) is 0.180. The summed E-state index contributed by atoms with van der Waals surface area (Å²) in [5.41, 5.74) is 13.1. The molecule has 0 spiro atoms. The lowest BCUT2D eigenvalue weighted by Crippen LogP contribution is -2.00. The summed E-state index contributed by atoms with van der Waals surface area (Å²) in [6, 6.07) is 68.9. The van der Waals surface area contributed by atoms with Crippen LogP contribution in [0.3, 0.4) is 0 Å². The Balaban J connectivity index is 1.20. The molecule has 252 valence electrons. The van der Waals surface area contributed by atoms with Crippen LogP contribution in [-0.2, 0) is 0 Å². The molecular formula is C50H32N4. The maximum Gasteiger partial charge on any atom is 0.160 e. The van der Waals surface area contributed by atoms with Crippen LogP contribution in [0.2, 0.25) is 0 Å². The van der Waals surface area contributed by atoms with Gasteiger partial charge in [0.2, 0.25) is 0 Å². The van der Waals surface area contributed by atoms with E-state index in [-0.39, 0.29) is 0 Å². The molecule has 0 saturated heterocycles. The average Bonchev–Trinajstić information content (AvgIpc) is 3.77. The van der Waals surface area contributed by atoms with Gasteiger partial charge in [0, 0.05) is 49.4 Å². The maximum atomic E-state index is 5.30. The summed E-state index contributed by atoms with van der Waals surface area (Å²) in [6.07, 6.45) is 0. The van der Waals surface area contributed by atoms with Crippen molar-refractivity contribution < 1.29 is 0 Å². The molecule has 11 rings (SSSR count). The molecule has 3 heterocycles. The van der Waals surface area contributed by atoms with E-state index in [9.17, 15) is 0 Å². The van der Waals surface area contributed by atoms with Crippen LogP contribution < -0.4 is 0 Å². The molecular weight excluding hydrogens is 657 g/mol. The first-order chi connectivity index (χ1) is 26.8. The summed E-state index contributed by atoms with van der Waals surface area (Å²) in [5, 5.41) is 5.90. The van der Waals surface area contributed by atoms with Crippen molar-refractivity contribution >= 4 is 54.5 Å². The highest BCUT2D eigenvalue weighted by molar-refractivity contribution is 6.23. The van der Waals surface area contributed by atoms with Crippen molar-refractivity contribution in [1.29, 1.82) is 0 Å². The zero-order chi connectivity index (χ0) is 35.6. The third-order valence-corrected chi connectivity index (χ3v) is 10.7. The van der Waals surface area contributed by atoms with Crippen molar-refractivity contribution in [3.8, 4) is 45.1 Å². The van der Waals surface area contributed by atoms with E-state index in [1.165, 1.54) is 43.7 Å². The smallest absolute Gasteiger partial charge is 0.160 e. The molecule has 0 N–H and O–H groups in total. The Bertz CT molecular complexity index is 3180. The van der Waals surface area contributed by atoms with E-state index >= 15 is 0 Å². The van der Waals surface area contributed by atoms with Gasteiger partial charge in [-0.1, -0.05) is 152 Å². The molecule has 0 amide bonds. The van der Waals surface area contributed by atoms with Gasteiger partial charge in [0.15, 0.2) is 5.82 Å². The number of benzene rings is 8. The normalized spacial score (nSPS) is 11.7. The Labute approximate surface area is 311 Å². The summed E-state index contributed by atoms with van der Waals surface area (Å²) in [7, 11) is 0.